The number of hydrogen-bond donors (Lipinski definition) is 2. The maximum absolute atomic E-state index is 12.9. The molecule has 134 valence electrons. The molecule has 3 rings (SSSR count). The number of urea groups is 1. The molecule has 1 fully saturated rings. The zero-order valence-corrected chi connectivity index (χ0v) is 16.9. The van der Waals surface area contributed by atoms with Crippen LogP contribution in [0.3, 0.4) is 0 Å². The van der Waals surface area contributed by atoms with E-state index in [9.17, 15) is 14.4 Å². The van der Waals surface area contributed by atoms with Crippen LogP contribution in [0, 0.1) is 0 Å². The van der Waals surface area contributed by atoms with Gasteiger partial charge in [-0.3, -0.25) is 14.5 Å². The minimum absolute atomic E-state index is 0.364. The van der Waals surface area contributed by atoms with Crippen LogP contribution in [0.2, 0.25) is 0 Å². The maximum Gasteiger partial charge on any atom is 0.325 e. The van der Waals surface area contributed by atoms with Gasteiger partial charge in [0.05, 0.1) is 0 Å². The summed E-state index contributed by atoms with van der Waals surface area (Å²) in [4.78, 5) is 38.4. The standard InChI is InChI=1S/C18H15Br2N3O3/c1-18(13-7-2-3-8-14(13)20)16(25)23(17(26)22-18)10-15(24)21-12-6-4-5-11(19)9-12/h2-9H,10H2,1H3,(H,21,24)(H,22,26)/t18-/m1/s1. The highest BCUT2D eigenvalue weighted by Gasteiger charge is 2.50. The van der Waals surface area contributed by atoms with Crippen LogP contribution in [-0.4, -0.2) is 29.3 Å². The Balaban J connectivity index is 1.77. The highest BCUT2D eigenvalue weighted by molar-refractivity contribution is 9.10. The molecule has 1 atom stereocenters. The molecule has 4 amide bonds. The lowest BCUT2D eigenvalue weighted by Gasteiger charge is -2.23. The summed E-state index contributed by atoms with van der Waals surface area (Å²) in [5.74, 6) is -0.929. The van der Waals surface area contributed by atoms with Crippen LogP contribution in [0.15, 0.2) is 57.5 Å². The molecule has 0 aromatic heterocycles. The molecule has 1 heterocycles. The molecule has 0 radical (unpaired) electrons. The molecule has 1 aliphatic rings. The largest absolute Gasteiger partial charge is 0.325 e. The van der Waals surface area contributed by atoms with Crippen LogP contribution in [0.25, 0.3) is 0 Å². The third-order valence-electron chi connectivity index (χ3n) is 4.10. The Bertz CT molecular complexity index is 903. The first-order valence-electron chi connectivity index (χ1n) is 7.76. The average molecular weight is 481 g/mol. The Morgan fingerprint density at radius 3 is 2.58 bits per heavy atom. The summed E-state index contributed by atoms with van der Waals surface area (Å²) in [5, 5.41) is 5.36. The number of halogens is 2. The fourth-order valence-electron chi connectivity index (χ4n) is 2.80. The second kappa shape index (κ2) is 7.20. The van der Waals surface area contributed by atoms with Gasteiger partial charge < -0.3 is 10.6 Å². The summed E-state index contributed by atoms with van der Waals surface area (Å²) in [5.41, 5.74) is -0.0222. The molecular weight excluding hydrogens is 466 g/mol. The topological polar surface area (TPSA) is 78.5 Å². The summed E-state index contributed by atoms with van der Waals surface area (Å²) in [6.45, 7) is 1.26. The van der Waals surface area contributed by atoms with E-state index in [4.69, 9.17) is 0 Å². The number of benzene rings is 2. The van der Waals surface area contributed by atoms with Gasteiger partial charge in [0.2, 0.25) is 5.91 Å². The first-order chi connectivity index (χ1) is 12.3. The lowest BCUT2D eigenvalue weighted by atomic mass is 9.92. The molecule has 0 aliphatic carbocycles. The van der Waals surface area contributed by atoms with E-state index in [0.717, 1.165) is 9.37 Å². The number of anilines is 1. The van der Waals surface area contributed by atoms with Crippen molar-refractivity contribution in [2.45, 2.75) is 12.5 Å². The number of amides is 4. The van der Waals surface area contributed by atoms with E-state index < -0.39 is 23.4 Å². The normalized spacial score (nSPS) is 19.4. The van der Waals surface area contributed by atoms with Crippen molar-refractivity contribution >= 4 is 55.4 Å². The number of carbonyl (C=O) groups excluding carboxylic acids is 3. The zero-order chi connectivity index (χ0) is 18.9. The number of hydrogen-bond acceptors (Lipinski definition) is 3. The molecule has 0 saturated carbocycles. The zero-order valence-electron chi connectivity index (χ0n) is 13.8. The van der Waals surface area contributed by atoms with Gasteiger partial charge in [-0.15, -0.1) is 0 Å². The Hall–Kier alpha value is -2.19. The summed E-state index contributed by atoms with van der Waals surface area (Å²) in [7, 11) is 0. The van der Waals surface area contributed by atoms with Crippen molar-refractivity contribution in [3.05, 3.63) is 63.0 Å². The van der Waals surface area contributed by atoms with E-state index in [2.05, 4.69) is 42.5 Å². The number of rotatable bonds is 4. The number of carbonyl (C=O) groups is 3. The summed E-state index contributed by atoms with van der Waals surface area (Å²) in [6, 6.07) is 13.6. The van der Waals surface area contributed by atoms with Gasteiger partial charge in [-0.05, 0) is 31.2 Å². The number of nitrogens with one attached hydrogen (secondary N) is 2. The van der Waals surface area contributed by atoms with Crippen LogP contribution >= 0.6 is 31.9 Å². The molecule has 0 bridgehead atoms. The Labute approximate surface area is 167 Å². The molecule has 1 aliphatic heterocycles. The lowest BCUT2D eigenvalue weighted by Crippen LogP contribution is -2.42. The fraction of sp³-hybridized carbons (Fsp3) is 0.167. The van der Waals surface area contributed by atoms with Crippen LogP contribution in [0.4, 0.5) is 10.5 Å². The van der Waals surface area contributed by atoms with Crippen molar-refractivity contribution in [3.63, 3.8) is 0 Å². The highest BCUT2D eigenvalue weighted by Crippen LogP contribution is 2.33. The Morgan fingerprint density at radius 2 is 1.88 bits per heavy atom. The molecule has 1 saturated heterocycles. The lowest BCUT2D eigenvalue weighted by molar-refractivity contribution is -0.133. The van der Waals surface area contributed by atoms with Crippen molar-refractivity contribution in [2.24, 2.45) is 0 Å². The molecule has 2 aromatic rings. The first-order valence-corrected chi connectivity index (χ1v) is 9.34. The van der Waals surface area contributed by atoms with Gasteiger partial charge in [-0.1, -0.05) is 56.1 Å². The van der Waals surface area contributed by atoms with Crippen LogP contribution < -0.4 is 10.6 Å². The summed E-state index contributed by atoms with van der Waals surface area (Å²) >= 11 is 6.73. The monoisotopic (exact) mass is 479 g/mol. The van der Waals surface area contributed by atoms with Crippen molar-refractivity contribution < 1.29 is 14.4 Å². The number of imide groups is 1. The second-order valence-corrected chi connectivity index (χ2v) is 7.75. The SMILES string of the molecule is C[C@]1(c2ccccc2Br)NC(=O)N(CC(=O)Nc2cccc(Br)c2)C1=O. The van der Waals surface area contributed by atoms with Crippen LogP contribution in [0.1, 0.15) is 12.5 Å². The van der Waals surface area contributed by atoms with Gasteiger partial charge in [-0.2, -0.15) is 0 Å². The minimum Gasteiger partial charge on any atom is -0.324 e. The number of nitrogens with zero attached hydrogens (tertiary/aromatic N) is 1. The van der Waals surface area contributed by atoms with Crippen molar-refractivity contribution in [1.82, 2.24) is 10.2 Å². The van der Waals surface area contributed by atoms with Crippen molar-refractivity contribution in [1.29, 1.82) is 0 Å². The minimum atomic E-state index is -1.23. The smallest absolute Gasteiger partial charge is 0.324 e. The van der Waals surface area contributed by atoms with Crippen LogP contribution in [0.5, 0.6) is 0 Å². The van der Waals surface area contributed by atoms with Crippen LogP contribution in [-0.2, 0) is 15.1 Å². The predicted octanol–water partition coefficient (Wildman–Crippen LogP) is 3.62. The third kappa shape index (κ3) is 3.52. The van der Waals surface area contributed by atoms with E-state index in [-0.39, 0.29) is 6.54 Å². The molecule has 8 heteroatoms. The van der Waals surface area contributed by atoms with Crippen molar-refractivity contribution in [3.8, 4) is 0 Å². The van der Waals surface area contributed by atoms with Crippen molar-refractivity contribution in [2.75, 3.05) is 11.9 Å². The van der Waals surface area contributed by atoms with E-state index in [1.165, 1.54) is 0 Å². The van der Waals surface area contributed by atoms with Gasteiger partial charge in [0.15, 0.2) is 0 Å². The molecular formula is C18H15Br2N3O3. The third-order valence-corrected chi connectivity index (χ3v) is 5.28. The average Bonchev–Trinajstić information content (AvgIpc) is 2.79. The van der Waals surface area contributed by atoms with Gasteiger partial charge in [0, 0.05) is 20.2 Å². The molecule has 2 aromatic carbocycles. The molecule has 0 unspecified atom stereocenters. The Kier molecular flexibility index (Phi) is 5.15. The van der Waals surface area contributed by atoms with Gasteiger partial charge >= 0.3 is 6.03 Å². The summed E-state index contributed by atoms with van der Waals surface area (Å²) < 4.78 is 1.52. The van der Waals surface area contributed by atoms with E-state index in [1.807, 2.05) is 12.1 Å². The highest BCUT2D eigenvalue weighted by atomic mass is 79.9. The fourth-order valence-corrected chi connectivity index (χ4v) is 3.88. The van der Waals surface area contributed by atoms with Gasteiger partial charge in [-0.25, -0.2) is 4.79 Å². The van der Waals surface area contributed by atoms with E-state index in [1.54, 1.807) is 43.3 Å². The predicted molar refractivity (Wildman–Crippen MR) is 105 cm³/mol. The quantitative estimate of drug-likeness (QED) is 0.656. The van der Waals surface area contributed by atoms with E-state index >= 15 is 0 Å². The molecule has 26 heavy (non-hydrogen) atoms. The molecule has 2 N–H and O–H groups in total. The van der Waals surface area contributed by atoms with Gasteiger partial charge in [0.1, 0.15) is 12.1 Å². The maximum atomic E-state index is 12.9. The second-order valence-electron chi connectivity index (χ2n) is 5.98. The summed E-state index contributed by atoms with van der Waals surface area (Å²) in [6.07, 6.45) is 0. The van der Waals surface area contributed by atoms with Gasteiger partial charge in [0.25, 0.3) is 5.91 Å². The molecule has 6 nitrogen and oxygen atoms in total. The first kappa shape index (κ1) is 18.6. The van der Waals surface area contributed by atoms with E-state index in [0.29, 0.717) is 15.7 Å². The molecule has 0 spiro atoms. The Morgan fingerprint density at radius 1 is 1.15 bits per heavy atom.